The third-order valence-corrected chi connectivity index (χ3v) is 4.43. The van der Waals surface area contributed by atoms with Gasteiger partial charge in [0.1, 0.15) is 0 Å². The molecule has 0 spiro atoms. The highest BCUT2D eigenvalue weighted by Gasteiger charge is 2.37. The normalized spacial score (nSPS) is 17.7. The maximum Gasteiger partial charge on any atom is 0.230 e. The Labute approximate surface area is 127 Å². The molecule has 0 aliphatic carbocycles. The van der Waals surface area contributed by atoms with E-state index >= 15 is 0 Å². The van der Waals surface area contributed by atoms with Crippen LogP contribution in [0.2, 0.25) is 0 Å². The minimum absolute atomic E-state index is 0.173. The molecule has 2 rings (SSSR count). The van der Waals surface area contributed by atoms with E-state index in [1.54, 1.807) is 0 Å². The van der Waals surface area contributed by atoms with E-state index in [4.69, 9.17) is 0 Å². The Morgan fingerprint density at radius 2 is 1.86 bits per heavy atom. The Bertz CT molecular complexity index is 461. The van der Waals surface area contributed by atoms with Gasteiger partial charge in [0.25, 0.3) is 0 Å². The van der Waals surface area contributed by atoms with E-state index in [2.05, 4.69) is 48.7 Å². The van der Waals surface area contributed by atoms with Crippen LogP contribution >= 0.6 is 0 Å². The Morgan fingerprint density at radius 1 is 1.24 bits per heavy atom. The van der Waals surface area contributed by atoms with Crippen LogP contribution < -0.4 is 10.6 Å². The predicted molar refractivity (Wildman–Crippen MR) is 87.3 cm³/mol. The minimum atomic E-state index is -0.201. The average molecular weight is 289 g/mol. The van der Waals surface area contributed by atoms with Gasteiger partial charge in [0, 0.05) is 12.2 Å². The number of rotatable bonds is 5. The molecule has 21 heavy (non-hydrogen) atoms. The van der Waals surface area contributed by atoms with E-state index in [9.17, 15) is 4.79 Å². The van der Waals surface area contributed by atoms with E-state index in [1.165, 1.54) is 5.56 Å². The first-order chi connectivity index (χ1) is 10.1. The van der Waals surface area contributed by atoms with Gasteiger partial charge in [0.15, 0.2) is 0 Å². The fraction of sp³-hybridized carbons (Fsp3) is 0.588. The lowest BCUT2D eigenvalue weighted by atomic mass is 9.76. The summed E-state index contributed by atoms with van der Waals surface area (Å²) in [5, 5.41) is 6.44. The molecule has 1 aromatic rings. The number of nitrogens with zero attached hydrogens (tertiary/aromatic N) is 1. The molecule has 0 aromatic heterocycles. The van der Waals surface area contributed by atoms with Gasteiger partial charge in [0.2, 0.25) is 5.91 Å². The van der Waals surface area contributed by atoms with E-state index in [0.29, 0.717) is 0 Å². The Balaban J connectivity index is 2.01. The molecule has 116 valence electrons. The molecule has 0 saturated carbocycles. The van der Waals surface area contributed by atoms with Crippen LogP contribution in [0, 0.1) is 5.41 Å². The summed E-state index contributed by atoms with van der Waals surface area (Å²) >= 11 is 0. The monoisotopic (exact) mass is 289 g/mol. The van der Waals surface area contributed by atoms with Gasteiger partial charge < -0.3 is 15.5 Å². The maximum atomic E-state index is 12.6. The van der Waals surface area contributed by atoms with Gasteiger partial charge in [-0.15, -0.1) is 0 Å². The Kier molecular flexibility index (Phi) is 5.37. The van der Waals surface area contributed by atoms with Gasteiger partial charge in [-0.2, -0.15) is 0 Å². The number of amides is 1. The zero-order chi connectivity index (χ0) is 15.3. The molecule has 1 heterocycles. The van der Waals surface area contributed by atoms with Crippen LogP contribution in [0.1, 0.15) is 31.7 Å². The molecule has 0 atom stereocenters. The molecule has 4 heteroatoms. The maximum absolute atomic E-state index is 12.6. The molecule has 0 unspecified atom stereocenters. The number of carbonyl (C=O) groups is 1. The summed E-state index contributed by atoms with van der Waals surface area (Å²) in [6.45, 7) is 4.90. The second-order valence-corrected chi connectivity index (χ2v) is 6.27. The second kappa shape index (κ2) is 7.05. The van der Waals surface area contributed by atoms with Crippen LogP contribution in [0.4, 0.5) is 5.69 Å². The molecule has 1 saturated heterocycles. The molecule has 2 N–H and O–H groups in total. The van der Waals surface area contributed by atoms with Gasteiger partial charge in [-0.3, -0.25) is 4.79 Å². The van der Waals surface area contributed by atoms with Crippen LogP contribution in [-0.2, 0) is 11.3 Å². The van der Waals surface area contributed by atoms with Gasteiger partial charge >= 0.3 is 0 Å². The molecule has 1 amide bonds. The van der Waals surface area contributed by atoms with Crippen molar-refractivity contribution < 1.29 is 4.79 Å². The number of benzene rings is 1. The molecular weight excluding hydrogens is 262 g/mol. The van der Waals surface area contributed by atoms with Gasteiger partial charge in [-0.05, 0) is 64.1 Å². The third kappa shape index (κ3) is 4.05. The van der Waals surface area contributed by atoms with Crippen LogP contribution in [0.5, 0.6) is 0 Å². The van der Waals surface area contributed by atoms with Gasteiger partial charge in [0.05, 0.1) is 5.41 Å². The third-order valence-electron chi connectivity index (χ3n) is 4.43. The van der Waals surface area contributed by atoms with Crippen molar-refractivity contribution in [2.24, 2.45) is 5.41 Å². The minimum Gasteiger partial charge on any atom is -0.326 e. The van der Waals surface area contributed by atoms with Crippen LogP contribution in [0.3, 0.4) is 0 Å². The molecule has 1 aliphatic heterocycles. The first-order valence-corrected chi connectivity index (χ1v) is 7.81. The summed E-state index contributed by atoms with van der Waals surface area (Å²) in [6, 6.07) is 8.16. The van der Waals surface area contributed by atoms with Crippen molar-refractivity contribution in [3.63, 3.8) is 0 Å². The number of hydrogen-bond acceptors (Lipinski definition) is 3. The summed E-state index contributed by atoms with van der Waals surface area (Å²) in [7, 11) is 4.11. The smallest absolute Gasteiger partial charge is 0.230 e. The van der Waals surface area contributed by atoms with E-state index < -0.39 is 0 Å². The van der Waals surface area contributed by atoms with E-state index in [1.807, 2.05) is 12.1 Å². The highest BCUT2D eigenvalue weighted by molar-refractivity contribution is 5.95. The summed E-state index contributed by atoms with van der Waals surface area (Å²) < 4.78 is 0. The van der Waals surface area contributed by atoms with Crippen molar-refractivity contribution in [2.45, 2.75) is 32.7 Å². The SMILES string of the molecule is CCC1(C(=O)Nc2ccc(CN(C)C)cc2)CCNCC1. The van der Waals surface area contributed by atoms with Crippen LogP contribution in [-0.4, -0.2) is 38.0 Å². The molecule has 1 fully saturated rings. The van der Waals surface area contributed by atoms with Crippen LogP contribution in [0.25, 0.3) is 0 Å². The molecule has 0 bridgehead atoms. The van der Waals surface area contributed by atoms with Gasteiger partial charge in [-0.1, -0.05) is 19.1 Å². The Morgan fingerprint density at radius 3 is 2.38 bits per heavy atom. The lowest BCUT2D eigenvalue weighted by Gasteiger charge is -2.35. The summed E-state index contributed by atoms with van der Waals surface area (Å²) in [5.41, 5.74) is 1.95. The summed E-state index contributed by atoms with van der Waals surface area (Å²) in [6.07, 6.45) is 2.75. The lowest BCUT2D eigenvalue weighted by molar-refractivity contribution is -0.127. The Hall–Kier alpha value is -1.39. The second-order valence-electron chi connectivity index (χ2n) is 6.27. The number of hydrogen-bond donors (Lipinski definition) is 2. The fourth-order valence-electron chi connectivity index (χ4n) is 2.97. The highest BCUT2D eigenvalue weighted by Crippen LogP contribution is 2.33. The molecular formula is C17H27N3O. The number of nitrogens with one attached hydrogen (secondary N) is 2. The number of piperidine rings is 1. The first-order valence-electron chi connectivity index (χ1n) is 7.81. The summed E-state index contributed by atoms with van der Waals surface area (Å²) in [4.78, 5) is 14.8. The number of anilines is 1. The molecule has 0 radical (unpaired) electrons. The zero-order valence-corrected chi connectivity index (χ0v) is 13.4. The largest absolute Gasteiger partial charge is 0.326 e. The molecule has 1 aliphatic rings. The van der Waals surface area contributed by atoms with E-state index in [-0.39, 0.29) is 11.3 Å². The fourth-order valence-corrected chi connectivity index (χ4v) is 2.97. The van der Waals surface area contributed by atoms with E-state index in [0.717, 1.165) is 44.6 Å². The van der Waals surface area contributed by atoms with Crippen LogP contribution in [0.15, 0.2) is 24.3 Å². The zero-order valence-electron chi connectivity index (χ0n) is 13.4. The highest BCUT2D eigenvalue weighted by atomic mass is 16.2. The average Bonchev–Trinajstić information content (AvgIpc) is 2.49. The van der Waals surface area contributed by atoms with Crippen molar-refractivity contribution in [2.75, 3.05) is 32.5 Å². The predicted octanol–water partition coefficient (Wildman–Crippen LogP) is 2.47. The van der Waals surface area contributed by atoms with Crippen molar-refractivity contribution in [3.05, 3.63) is 29.8 Å². The standard InChI is InChI=1S/C17H27N3O/c1-4-17(9-11-18-12-10-17)16(21)19-15-7-5-14(6-8-15)13-20(2)3/h5-8,18H,4,9-13H2,1-3H3,(H,19,21). The topological polar surface area (TPSA) is 44.4 Å². The van der Waals surface area contributed by atoms with Crippen molar-refractivity contribution in [1.29, 1.82) is 0 Å². The summed E-state index contributed by atoms with van der Waals surface area (Å²) in [5.74, 6) is 0.173. The molecule has 1 aromatic carbocycles. The molecule has 4 nitrogen and oxygen atoms in total. The quantitative estimate of drug-likeness (QED) is 0.875. The lowest BCUT2D eigenvalue weighted by Crippen LogP contribution is -2.44. The van der Waals surface area contributed by atoms with Gasteiger partial charge in [-0.25, -0.2) is 0 Å². The first kappa shape index (κ1) is 16.0. The van der Waals surface area contributed by atoms with Crippen molar-refractivity contribution >= 4 is 11.6 Å². The number of carbonyl (C=O) groups excluding carboxylic acids is 1. The van der Waals surface area contributed by atoms with Crippen molar-refractivity contribution in [1.82, 2.24) is 10.2 Å². The van der Waals surface area contributed by atoms with Crippen molar-refractivity contribution in [3.8, 4) is 0 Å².